The van der Waals surface area contributed by atoms with Crippen molar-refractivity contribution in [3.8, 4) is 11.5 Å². The molecule has 3 heterocycles. The molecule has 2 amide bonds. The van der Waals surface area contributed by atoms with Crippen molar-refractivity contribution in [1.82, 2.24) is 10.2 Å². The molecule has 0 spiro atoms. The Bertz CT molecular complexity index is 836. The van der Waals surface area contributed by atoms with Gasteiger partial charge in [0.1, 0.15) is 0 Å². The number of carbonyl (C=O) groups is 2. The standard InChI is InChI=1S/C19H21N3O5S/c23-18(19(24)21-14-1-2-16-17(9-14)27-12-26-16)20-10-15(13-3-8-28-11-13)22-4-6-25-7-5-22/h1-3,8-9,11,15H,4-7,10,12H2,(H,20,23)(H,21,24). The molecule has 4 rings (SSSR count). The first kappa shape index (κ1) is 18.7. The third-order valence-electron chi connectivity index (χ3n) is 4.71. The van der Waals surface area contributed by atoms with Gasteiger partial charge in [-0.1, -0.05) is 0 Å². The first-order chi connectivity index (χ1) is 13.7. The molecule has 1 fully saturated rings. The molecule has 2 N–H and O–H groups in total. The summed E-state index contributed by atoms with van der Waals surface area (Å²) in [5.74, 6) is -0.231. The number of benzene rings is 1. The molecule has 148 valence electrons. The van der Waals surface area contributed by atoms with Crippen LogP contribution in [0.15, 0.2) is 35.0 Å². The lowest BCUT2D eigenvalue weighted by Crippen LogP contribution is -2.45. The highest BCUT2D eigenvalue weighted by Gasteiger charge is 2.25. The highest BCUT2D eigenvalue weighted by molar-refractivity contribution is 7.08. The third kappa shape index (κ3) is 4.27. The number of rotatable bonds is 5. The van der Waals surface area contributed by atoms with Gasteiger partial charge in [-0.05, 0) is 34.5 Å². The molecule has 1 unspecified atom stereocenters. The summed E-state index contributed by atoms with van der Waals surface area (Å²) >= 11 is 1.61. The molecule has 0 saturated carbocycles. The minimum absolute atomic E-state index is 0.0115. The third-order valence-corrected chi connectivity index (χ3v) is 5.41. The van der Waals surface area contributed by atoms with Crippen LogP contribution in [0.2, 0.25) is 0 Å². The van der Waals surface area contributed by atoms with Gasteiger partial charge in [-0.15, -0.1) is 0 Å². The van der Waals surface area contributed by atoms with E-state index in [1.165, 1.54) is 0 Å². The van der Waals surface area contributed by atoms with Gasteiger partial charge >= 0.3 is 11.8 Å². The van der Waals surface area contributed by atoms with Crippen molar-refractivity contribution in [3.05, 3.63) is 40.6 Å². The zero-order valence-corrected chi connectivity index (χ0v) is 16.0. The molecule has 0 aliphatic carbocycles. The van der Waals surface area contributed by atoms with E-state index in [0.717, 1.165) is 18.7 Å². The van der Waals surface area contributed by atoms with E-state index >= 15 is 0 Å². The number of ether oxygens (including phenoxy) is 3. The number of morpholine rings is 1. The van der Waals surface area contributed by atoms with Gasteiger partial charge < -0.3 is 24.8 Å². The molecule has 9 heteroatoms. The maximum absolute atomic E-state index is 12.3. The lowest BCUT2D eigenvalue weighted by Gasteiger charge is -2.34. The van der Waals surface area contributed by atoms with Crippen molar-refractivity contribution >= 4 is 28.8 Å². The van der Waals surface area contributed by atoms with E-state index in [1.54, 1.807) is 29.5 Å². The molecule has 2 aromatic rings. The van der Waals surface area contributed by atoms with Crippen LogP contribution in [0.5, 0.6) is 11.5 Å². The van der Waals surface area contributed by atoms with E-state index < -0.39 is 11.8 Å². The van der Waals surface area contributed by atoms with E-state index in [9.17, 15) is 9.59 Å². The van der Waals surface area contributed by atoms with Crippen molar-refractivity contribution in [2.45, 2.75) is 6.04 Å². The van der Waals surface area contributed by atoms with E-state index in [4.69, 9.17) is 14.2 Å². The Labute approximate surface area is 166 Å². The smallest absolute Gasteiger partial charge is 0.313 e. The number of anilines is 1. The lowest BCUT2D eigenvalue weighted by molar-refractivity contribution is -0.136. The Morgan fingerprint density at radius 1 is 1.11 bits per heavy atom. The van der Waals surface area contributed by atoms with Gasteiger partial charge in [0.2, 0.25) is 6.79 Å². The van der Waals surface area contributed by atoms with Crippen LogP contribution in [0, 0.1) is 0 Å². The molecular weight excluding hydrogens is 382 g/mol. The molecule has 2 aliphatic heterocycles. The van der Waals surface area contributed by atoms with Crippen LogP contribution in [0.3, 0.4) is 0 Å². The second-order valence-electron chi connectivity index (χ2n) is 6.45. The van der Waals surface area contributed by atoms with Crippen molar-refractivity contribution < 1.29 is 23.8 Å². The van der Waals surface area contributed by atoms with Crippen LogP contribution in [-0.4, -0.2) is 56.4 Å². The molecule has 1 saturated heterocycles. The SMILES string of the molecule is O=C(NCC(c1ccsc1)N1CCOCC1)C(=O)Nc1ccc2c(c1)OCO2. The summed E-state index contributed by atoms with van der Waals surface area (Å²) in [6.07, 6.45) is 0. The molecule has 1 aromatic carbocycles. The lowest BCUT2D eigenvalue weighted by atomic mass is 10.1. The molecule has 0 radical (unpaired) electrons. The normalized spacial score (nSPS) is 17.1. The van der Waals surface area contributed by atoms with E-state index in [0.29, 0.717) is 36.9 Å². The van der Waals surface area contributed by atoms with Crippen LogP contribution in [0.1, 0.15) is 11.6 Å². The Morgan fingerprint density at radius 3 is 2.71 bits per heavy atom. The number of amides is 2. The fourth-order valence-corrected chi connectivity index (χ4v) is 3.95. The highest BCUT2D eigenvalue weighted by Crippen LogP contribution is 2.34. The van der Waals surface area contributed by atoms with Gasteiger partial charge in [0.05, 0.1) is 19.3 Å². The van der Waals surface area contributed by atoms with E-state index in [2.05, 4.69) is 20.9 Å². The van der Waals surface area contributed by atoms with Gasteiger partial charge in [-0.2, -0.15) is 11.3 Å². The highest BCUT2D eigenvalue weighted by atomic mass is 32.1. The summed E-state index contributed by atoms with van der Waals surface area (Å²) in [5, 5.41) is 9.43. The average Bonchev–Trinajstić information content (AvgIpc) is 3.40. The monoisotopic (exact) mass is 403 g/mol. The Hall–Kier alpha value is -2.62. The predicted molar refractivity (Wildman–Crippen MR) is 104 cm³/mol. The quantitative estimate of drug-likeness (QED) is 0.738. The van der Waals surface area contributed by atoms with Gasteiger partial charge in [-0.3, -0.25) is 14.5 Å². The summed E-state index contributed by atoms with van der Waals surface area (Å²) in [7, 11) is 0. The number of fused-ring (bicyclic) bond motifs is 1. The Kier molecular flexibility index (Phi) is 5.75. The number of nitrogens with zero attached hydrogens (tertiary/aromatic N) is 1. The fourth-order valence-electron chi connectivity index (χ4n) is 3.24. The van der Waals surface area contributed by atoms with E-state index in [-0.39, 0.29) is 12.8 Å². The summed E-state index contributed by atoms with van der Waals surface area (Å²) in [6.45, 7) is 3.42. The van der Waals surface area contributed by atoms with Crippen molar-refractivity contribution in [1.29, 1.82) is 0 Å². The van der Waals surface area contributed by atoms with Crippen LogP contribution < -0.4 is 20.1 Å². The second kappa shape index (κ2) is 8.59. The van der Waals surface area contributed by atoms with Crippen LogP contribution in [0.4, 0.5) is 5.69 Å². The Morgan fingerprint density at radius 2 is 1.93 bits per heavy atom. The van der Waals surface area contributed by atoms with Crippen molar-refractivity contribution in [2.24, 2.45) is 0 Å². The number of hydrogen-bond donors (Lipinski definition) is 2. The van der Waals surface area contributed by atoms with Crippen LogP contribution >= 0.6 is 11.3 Å². The van der Waals surface area contributed by atoms with E-state index in [1.807, 2.05) is 11.4 Å². The van der Waals surface area contributed by atoms with Gasteiger partial charge in [0.25, 0.3) is 0 Å². The number of hydrogen-bond acceptors (Lipinski definition) is 7. The minimum atomic E-state index is -0.718. The van der Waals surface area contributed by atoms with Gasteiger partial charge in [-0.25, -0.2) is 0 Å². The number of thiophene rings is 1. The Balaban J connectivity index is 1.35. The molecule has 2 aliphatic rings. The summed E-state index contributed by atoms with van der Waals surface area (Å²) in [6, 6.07) is 7.05. The predicted octanol–water partition coefficient (Wildman–Crippen LogP) is 1.60. The average molecular weight is 403 g/mol. The van der Waals surface area contributed by atoms with Crippen LogP contribution in [-0.2, 0) is 14.3 Å². The summed E-state index contributed by atoms with van der Waals surface area (Å²) in [4.78, 5) is 26.8. The molecule has 0 bridgehead atoms. The fraction of sp³-hybridized carbons (Fsp3) is 0.368. The zero-order chi connectivity index (χ0) is 19.3. The molecular formula is C19H21N3O5S. The number of nitrogens with one attached hydrogen (secondary N) is 2. The maximum atomic E-state index is 12.3. The molecule has 28 heavy (non-hydrogen) atoms. The largest absolute Gasteiger partial charge is 0.454 e. The summed E-state index contributed by atoms with van der Waals surface area (Å²) in [5.41, 5.74) is 1.61. The second-order valence-corrected chi connectivity index (χ2v) is 7.23. The first-order valence-electron chi connectivity index (χ1n) is 9.03. The van der Waals surface area contributed by atoms with Crippen LogP contribution in [0.25, 0.3) is 0 Å². The maximum Gasteiger partial charge on any atom is 0.313 e. The molecule has 1 aromatic heterocycles. The molecule has 8 nitrogen and oxygen atoms in total. The first-order valence-corrected chi connectivity index (χ1v) is 9.98. The van der Waals surface area contributed by atoms with Gasteiger partial charge in [0, 0.05) is 31.4 Å². The van der Waals surface area contributed by atoms with Gasteiger partial charge in [0.15, 0.2) is 11.5 Å². The zero-order valence-electron chi connectivity index (χ0n) is 15.2. The topological polar surface area (TPSA) is 89.1 Å². The van der Waals surface area contributed by atoms with Crippen molar-refractivity contribution in [2.75, 3.05) is 45.0 Å². The summed E-state index contributed by atoms with van der Waals surface area (Å²) < 4.78 is 15.9. The minimum Gasteiger partial charge on any atom is -0.454 e. The molecule has 1 atom stereocenters. The number of carbonyl (C=O) groups excluding carboxylic acids is 2. The van der Waals surface area contributed by atoms with Crippen molar-refractivity contribution in [3.63, 3.8) is 0 Å².